The first-order valence-corrected chi connectivity index (χ1v) is 5.98. The van der Waals surface area contributed by atoms with Crippen molar-refractivity contribution in [1.29, 1.82) is 5.26 Å². The molecular weight excluding hydrogens is 262 g/mol. The summed E-state index contributed by atoms with van der Waals surface area (Å²) in [4.78, 5) is 0. The Labute approximate surface area is 115 Å². The van der Waals surface area contributed by atoms with Crippen molar-refractivity contribution in [3.05, 3.63) is 65.2 Å². The number of hydrogen-bond donors (Lipinski definition) is 2. The second-order valence-corrected chi connectivity index (χ2v) is 4.23. The maximum Gasteiger partial charge on any atom is 0.143 e. The number of anilines is 1. The summed E-state index contributed by atoms with van der Waals surface area (Å²) in [5.74, 6) is -1.07. The summed E-state index contributed by atoms with van der Waals surface area (Å²) in [6.45, 7) is 0.0432. The van der Waals surface area contributed by atoms with E-state index in [1.165, 1.54) is 30.3 Å². The number of halogens is 2. The van der Waals surface area contributed by atoms with Gasteiger partial charge in [0.2, 0.25) is 0 Å². The first kappa shape index (κ1) is 14.0. The van der Waals surface area contributed by atoms with Gasteiger partial charge in [0.1, 0.15) is 23.3 Å². The van der Waals surface area contributed by atoms with Gasteiger partial charge in [-0.3, -0.25) is 0 Å². The Hall–Kier alpha value is -2.45. The van der Waals surface area contributed by atoms with E-state index in [4.69, 9.17) is 5.26 Å². The molecule has 102 valence electrons. The van der Waals surface area contributed by atoms with E-state index >= 15 is 0 Å². The summed E-state index contributed by atoms with van der Waals surface area (Å²) in [5, 5.41) is 21.6. The molecule has 0 aliphatic rings. The zero-order valence-electron chi connectivity index (χ0n) is 10.5. The van der Waals surface area contributed by atoms with Crippen LogP contribution in [0.1, 0.15) is 17.2 Å². The third kappa shape index (κ3) is 3.11. The van der Waals surface area contributed by atoms with Crippen LogP contribution in [0, 0.1) is 23.0 Å². The topological polar surface area (TPSA) is 56.0 Å². The van der Waals surface area contributed by atoms with Gasteiger partial charge < -0.3 is 10.4 Å². The van der Waals surface area contributed by atoms with Crippen molar-refractivity contribution < 1.29 is 13.9 Å². The predicted molar refractivity (Wildman–Crippen MR) is 71.0 cm³/mol. The molecule has 2 aromatic rings. The molecule has 0 aromatic heterocycles. The van der Waals surface area contributed by atoms with Crippen LogP contribution in [0.4, 0.5) is 14.5 Å². The number of hydrogen-bond acceptors (Lipinski definition) is 3. The van der Waals surface area contributed by atoms with Gasteiger partial charge in [-0.05, 0) is 29.8 Å². The molecule has 0 heterocycles. The minimum Gasteiger partial charge on any atom is -0.387 e. The monoisotopic (exact) mass is 274 g/mol. The van der Waals surface area contributed by atoms with Crippen LogP contribution in [0.15, 0.2) is 42.5 Å². The Morgan fingerprint density at radius 3 is 2.65 bits per heavy atom. The highest BCUT2D eigenvalue weighted by Gasteiger charge is 2.11. The molecule has 5 heteroatoms. The van der Waals surface area contributed by atoms with Crippen LogP contribution in [0.3, 0.4) is 0 Å². The number of nitriles is 1. The summed E-state index contributed by atoms with van der Waals surface area (Å²) >= 11 is 0. The lowest BCUT2D eigenvalue weighted by atomic mass is 10.1. The van der Waals surface area contributed by atoms with Gasteiger partial charge in [-0.2, -0.15) is 5.26 Å². The van der Waals surface area contributed by atoms with Crippen LogP contribution in [0.2, 0.25) is 0 Å². The van der Waals surface area contributed by atoms with Gasteiger partial charge in [0, 0.05) is 6.54 Å². The highest BCUT2D eigenvalue weighted by Crippen LogP contribution is 2.20. The van der Waals surface area contributed by atoms with Crippen molar-refractivity contribution in [2.24, 2.45) is 0 Å². The Bertz CT molecular complexity index is 653. The average Bonchev–Trinajstić information content (AvgIpc) is 2.44. The van der Waals surface area contributed by atoms with Gasteiger partial charge >= 0.3 is 0 Å². The molecule has 0 saturated carbocycles. The number of aliphatic hydroxyl groups is 1. The molecule has 2 rings (SSSR count). The summed E-state index contributed by atoms with van der Waals surface area (Å²) in [5.41, 5.74) is 0.592. The smallest absolute Gasteiger partial charge is 0.143 e. The fourth-order valence-corrected chi connectivity index (χ4v) is 1.82. The standard InChI is InChI=1S/C15H12F2N2O/c16-11-4-1-3-10(7-11)15(20)9-19-14-6-2-5-13(17)12(14)8-18/h1-7,15,19-20H,9H2. The van der Waals surface area contributed by atoms with Crippen molar-refractivity contribution >= 4 is 5.69 Å². The van der Waals surface area contributed by atoms with E-state index in [0.29, 0.717) is 11.3 Å². The molecule has 1 atom stereocenters. The molecule has 1 unspecified atom stereocenters. The number of nitrogens with zero attached hydrogens (tertiary/aromatic N) is 1. The lowest BCUT2D eigenvalue weighted by Gasteiger charge is -2.14. The van der Waals surface area contributed by atoms with Crippen molar-refractivity contribution in [3.8, 4) is 6.07 Å². The summed E-state index contributed by atoms with van der Waals surface area (Å²) in [6.07, 6.45) is -0.958. The average molecular weight is 274 g/mol. The lowest BCUT2D eigenvalue weighted by Crippen LogP contribution is -2.13. The summed E-state index contributed by atoms with van der Waals surface area (Å²) in [7, 11) is 0. The predicted octanol–water partition coefficient (Wildman–Crippen LogP) is 2.98. The van der Waals surface area contributed by atoms with Crippen LogP contribution in [-0.2, 0) is 0 Å². The van der Waals surface area contributed by atoms with Gasteiger partial charge in [-0.15, -0.1) is 0 Å². The van der Waals surface area contributed by atoms with Crippen molar-refractivity contribution in [2.45, 2.75) is 6.10 Å². The maximum atomic E-state index is 13.4. The summed E-state index contributed by atoms with van der Waals surface area (Å²) < 4.78 is 26.4. The van der Waals surface area contributed by atoms with E-state index in [2.05, 4.69) is 5.32 Å². The van der Waals surface area contributed by atoms with Gasteiger partial charge in [0.25, 0.3) is 0 Å². The number of nitrogens with one attached hydrogen (secondary N) is 1. The molecule has 2 N–H and O–H groups in total. The Morgan fingerprint density at radius 2 is 1.95 bits per heavy atom. The third-order valence-electron chi connectivity index (χ3n) is 2.84. The molecule has 0 bridgehead atoms. The van der Waals surface area contributed by atoms with E-state index in [-0.39, 0.29) is 12.1 Å². The second kappa shape index (κ2) is 6.13. The Morgan fingerprint density at radius 1 is 1.20 bits per heavy atom. The lowest BCUT2D eigenvalue weighted by molar-refractivity contribution is 0.191. The molecular formula is C15H12F2N2O. The van der Waals surface area contributed by atoms with E-state index in [0.717, 1.165) is 0 Å². The number of rotatable bonds is 4. The van der Waals surface area contributed by atoms with Crippen molar-refractivity contribution in [2.75, 3.05) is 11.9 Å². The largest absolute Gasteiger partial charge is 0.387 e. The van der Waals surface area contributed by atoms with Gasteiger partial charge in [-0.1, -0.05) is 18.2 Å². The number of benzene rings is 2. The first-order chi connectivity index (χ1) is 9.61. The van der Waals surface area contributed by atoms with E-state index in [9.17, 15) is 13.9 Å². The van der Waals surface area contributed by atoms with Crippen LogP contribution < -0.4 is 5.32 Å². The highest BCUT2D eigenvalue weighted by atomic mass is 19.1. The molecule has 20 heavy (non-hydrogen) atoms. The second-order valence-electron chi connectivity index (χ2n) is 4.23. The number of aliphatic hydroxyl groups excluding tert-OH is 1. The molecule has 0 radical (unpaired) electrons. The molecule has 0 aliphatic carbocycles. The van der Waals surface area contributed by atoms with Gasteiger partial charge in [0.05, 0.1) is 11.8 Å². The fourth-order valence-electron chi connectivity index (χ4n) is 1.82. The van der Waals surface area contributed by atoms with Crippen LogP contribution in [0.5, 0.6) is 0 Å². The minimum atomic E-state index is -0.958. The van der Waals surface area contributed by atoms with Gasteiger partial charge in [0.15, 0.2) is 0 Å². The normalized spacial score (nSPS) is 11.7. The third-order valence-corrected chi connectivity index (χ3v) is 2.84. The zero-order valence-corrected chi connectivity index (χ0v) is 10.5. The van der Waals surface area contributed by atoms with E-state index in [1.807, 2.05) is 0 Å². The quantitative estimate of drug-likeness (QED) is 0.901. The molecule has 3 nitrogen and oxygen atoms in total. The maximum absolute atomic E-state index is 13.4. The van der Waals surface area contributed by atoms with Crippen molar-refractivity contribution in [3.63, 3.8) is 0 Å². The molecule has 0 aliphatic heterocycles. The molecule has 2 aromatic carbocycles. The molecule has 0 saturated heterocycles. The zero-order chi connectivity index (χ0) is 14.5. The minimum absolute atomic E-state index is 0.0432. The first-order valence-electron chi connectivity index (χ1n) is 5.98. The van der Waals surface area contributed by atoms with Crippen LogP contribution in [0.25, 0.3) is 0 Å². The van der Waals surface area contributed by atoms with Crippen molar-refractivity contribution in [1.82, 2.24) is 0 Å². The summed E-state index contributed by atoms with van der Waals surface area (Å²) in [6, 6.07) is 11.5. The van der Waals surface area contributed by atoms with E-state index in [1.54, 1.807) is 18.2 Å². The molecule has 0 amide bonds. The SMILES string of the molecule is N#Cc1c(F)cccc1NCC(O)c1cccc(F)c1. The van der Waals surface area contributed by atoms with E-state index < -0.39 is 17.7 Å². The highest BCUT2D eigenvalue weighted by molar-refractivity contribution is 5.58. The molecule has 0 fully saturated rings. The Kier molecular flexibility index (Phi) is 4.28. The Balaban J connectivity index is 2.10. The van der Waals surface area contributed by atoms with Crippen LogP contribution in [-0.4, -0.2) is 11.7 Å². The van der Waals surface area contributed by atoms with Gasteiger partial charge in [-0.25, -0.2) is 8.78 Å². The molecule has 0 spiro atoms. The fraction of sp³-hybridized carbons (Fsp3) is 0.133. The van der Waals surface area contributed by atoms with Crippen LogP contribution >= 0.6 is 0 Å².